The number of aliphatic hydroxyl groups excluding tert-OH is 13. The van der Waals surface area contributed by atoms with Crippen LogP contribution in [-0.2, 0) is 47.5 Å². The minimum atomic E-state index is -2.02. The number of esters is 1. The number of carboxylic acids is 1. The Hall–Kier alpha value is -2.12. The average Bonchev–Trinajstić information content (AvgIpc) is 3.58. The lowest BCUT2D eigenvalue weighted by Gasteiger charge is -2.71. The highest BCUT2D eigenvalue weighted by Crippen LogP contribution is 2.76. The minimum Gasteiger partial charge on any atom is -0.481 e. The van der Waals surface area contributed by atoms with Crippen molar-refractivity contribution in [3.05, 3.63) is 11.6 Å². The SMILES string of the molecule is CC1(C)CC[C@]2(C(=O)O[C@@H]3O[C@H](CO[C@@H]4O[C@H](CO)[C@@H](O)[C@H](O)[C@H]4O)[C@H](O)[C@H](O[C@@H]4O[C@H](CO)[C@@H](O)[C@H](O)[C@H]4O)[C@H]3O)CC[C@]3(C)C(=CC[C@@H]4[C@@]5(C)CC[C@H](O[C@@H]6OC[C@@H](O)[C@H](O)[C@H]6O)[C@@](C)(C(=O)O)[C@@H]5CC[C@]43C)[C@@H]2C1. The molecule has 4 saturated carbocycles. The van der Waals surface area contributed by atoms with Gasteiger partial charge >= 0.3 is 11.9 Å². The van der Waals surface area contributed by atoms with E-state index in [2.05, 4.69) is 40.7 Å². The van der Waals surface area contributed by atoms with E-state index in [1.807, 2.05) is 0 Å². The van der Waals surface area contributed by atoms with Crippen LogP contribution in [0.1, 0.15) is 106 Å². The molecular weight excluding hydrogens is 1020 g/mol. The van der Waals surface area contributed by atoms with Gasteiger partial charge in [0.05, 0.1) is 43.4 Å². The highest BCUT2D eigenvalue weighted by atomic mass is 16.8. The fourth-order valence-electron chi connectivity index (χ4n) is 16.1. The molecule has 0 amide bonds. The molecule has 24 nitrogen and oxygen atoms in total. The average molecular weight is 1110 g/mol. The summed E-state index contributed by atoms with van der Waals surface area (Å²) >= 11 is 0. The van der Waals surface area contributed by atoms with E-state index in [0.717, 1.165) is 5.57 Å². The molecule has 8 fully saturated rings. The number of carboxylic acid groups (broad SMARTS) is 1. The van der Waals surface area contributed by atoms with Crippen molar-refractivity contribution in [1.29, 1.82) is 0 Å². The number of hydrogen-bond donors (Lipinski definition) is 14. The molecule has 0 radical (unpaired) electrons. The van der Waals surface area contributed by atoms with Gasteiger partial charge in [-0.05, 0) is 111 Å². The summed E-state index contributed by atoms with van der Waals surface area (Å²) in [5.41, 5.74) is -3.10. The van der Waals surface area contributed by atoms with Crippen LogP contribution in [0.4, 0.5) is 0 Å². The fourth-order valence-corrected chi connectivity index (χ4v) is 16.1. The molecule has 440 valence electrons. The van der Waals surface area contributed by atoms with Crippen LogP contribution in [0.2, 0.25) is 0 Å². The highest BCUT2D eigenvalue weighted by molar-refractivity contribution is 5.79. The molecule has 5 aliphatic carbocycles. The molecule has 0 spiro atoms. The van der Waals surface area contributed by atoms with Crippen molar-refractivity contribution in [3.8, 4) is 0 Å². The summed E-state index contributed by atoms with van der Waals surface area (Å²) in [6.07, 6.45) is -25.9. The molecule has 0 unspecified atom stereocenters. The van der Waals surface area contributed by atoms with Crippen molar-refractivity contribution in [3.63, 3.8) is 0 Å². The molecule has 4 saturated heterocycles. The Morgan fingerprint density at radius 2 is 1.21 bits per heavy atom. The van der Waals surface area contributed by atoms with Crippen LogP contribution >= 0.6 is 0 Å². The fraction of sp³-hybridized carbons (Fsp3) is 0.925. The zero-order chi connectivity index (χ0) is 56.3. The van der Waals surface area contributed by atoms with E-state index in [1.54, 1.807) is 6.92 Å². The third-order valence-corrected chi connectivity index (χ3v) is 21.1. The Kier molecular flexibility index (Phi) is 16.7. The van der Waals surface area contributed by atoms with Crippen molar-refractivity contribution in [2.45, 2.75) is 229 Å². The lowest BCUT2D eigenvalue weighted by molar-refractivity contribution is -0.363. The third-order valence-electron chi connectivity index (χ3n) is 21.1. The van der Waals surface area contributed by atoms with Gasteiger partial charge in [0.25, 0.3) is 0 Å². The third kappa shape index (κ3) is 9.65. The van der Waals surface area contributed by atoms with Crippen LogP contribution in [0, 0.1) is 50.2 Å². The Balaban J connectivity index is 0.992. The molecule has 9 rings (SSSR count). The van der Waals surface area contributed by atoms with Crippen molar-refractivity contribution in [1.82, 2.24) is 0 Å². The van der Waals surface area contributed by atoms with E-state index in [4.69, 9.17) is 37.9 Å². The van der Waals surface area contributed by atoms with Gasteiger partial charge in [-0.25, -0.2) is 0 Å². The van der Waals surface area contributed by atoms with E-state index < -0.39 is 182 Å². The zero-order valence-corrected chi connectivity index (χ0v) is 44.6. The molecule has 0 aromatic carbocycles. The number of fused-ring (bicyclic) bond motifs is 7. The quantitative estimate of drug-likeness (QED) is 0.0554. The van der Waals surface area contributed by atoms with Crippen molar-refractivity contribution < 1.29 is 119 Å². The summed E-state index contributed by atoms with van der Waals surface area (Å²) in [7, 11) is 0. The Bertz CT molecular complexity index is 2160. The number of carbonyl (C=O) groups is 2. The number of aliphatic hydroxyl groups is 13. The van der Waals surface area contributed by atoms with Crippen LogP contribution < -0.4 is 0 Å². The molecule has 4 aliphatic heterocycles. The van der Waals surface area contributed by atoms with Crippen LogP contribution in [0.25, 0.3) is 0 Å². The van der Waals surface area contributed by atoms with Crippen molar-refractivity contribution >= 4 is 11.9 Å². The highest BCUT2D eigenvalue weighted by Gasteiger charge is 2.72. The standard InChI is InChI=1S/C53H84O24/c1-48(2)13-15-53(47(69)77-45-40(66)41(76-44-39(65)36(62)33(59)26(19-55)73-44)34(60)27(74-45)21-71-42-38(64)35(61)32(58)25(18-54)72-42)16-14-50(4)22(23(53)17-48)7-8-28-49(3)11-10-30(75-43-37(63)31(57)24(56)20-70-43)52(6,46(67)68)29(49)9-12-51(28,50)5/h7,23-45,54-66H,8-21H2,1-6H3,(H,67,68)/t23-,24+,25+,26+,27+,28+,29+,30-,31-,32+,33+,34-,35-,36-,37+,38+,39+,40+,41-,42+,43-,44-,45-,49+,50+,51+,52-,53-/m0/s1. The monoisotopic (exact) mass is 1100 g/mol. The van der Waals surface area contributed by atoms with Gasteiger partial charge in [-0.3, -0.25) is 9.59 Å². The molecule has 14 N–H and O–H groups in total. The number of hydrogen-bond acceptors (Lipinski definition) is 23. The first-order valence-electron chi connectivity index (χ1n) is 27.4. The Morgan fingerprint density at radius 1 is 0.610 bits per heavy atom. The van der Waals surface area contributed by atoms with Crippen LogP contribution in [0.3, 0.4) is 0 Å². The summed E-state index contributed by atoms with van der Waals surface area (Å²) in [5.74, 6) is -2.49. The van der Waals surface area contributed by atoms with Gasteiger partial charge in [-0.15, -0.1) is 0 Å². The molecule has 28 atom stereocenters. The van der Waals surface area contributed by atoms with E-state index in [1.165, 1.54) is 0 Å². The van der Waals surface area contributed by atoms with Gasteiger partial charge in [0, 0.05) is 0 Å². The summed E-state index contributed by atoms with van der Waals surface area (Å²) < 4.78 is 47.0. The second-order valence-electron chi connectivity index (χ2n) is 25.6. The maximum Gasteiger partial charge on any atom is 0.315 e. The van der Waals surface area contributed by atoms with E-state index >= 15 is 4.79 Å². The normalized spacial score (nSPS) is 53.6. The lowest BCUT2D eigenvalue weighted by Crippen LogP contribution is -2.67. The number of allylic oxidation sites excluding steroid dienone is 2. The molecule has 24 heteroatoms. The molecule has 0 bridgehead atoms. The van der Waals surface area contributed by atoms with Crippen LogP contribution in [-0.4, -0.2) is 233 Å². The first-order valence-corrected chi connectivity index (χ1v) is 27.4. The van der Waals surface area contributed by atoms with E-state index in [0.29, 0.717) is 64.2 Å². The second-order valence-corrected chi connectivity index (χ2v) is 25.6. The topological polar surface area (TPSA) is 391 Å². The van der Waals surface area contributed by atoms with E-state index in [-0.39, 0.29) is 29.8 Å². The zero-order valence-electron chi connectivity index (χ0n) is 44.6. The number of carbonyl (C=O) groups excluding carboxylic acids is 1. The van der Waals surface area contributed by atoms with Gasteiger partial charge < -0.3 is 109 Å². The van der Waals surface area contributed by atoms with Gasteiger partial charge in [-0.2, -0.15) is 0 Å². The molecule has 9 aliphatic rings. The van der Waals surface area contributed by atoms with Gasteiger partial charge in [0.2, 0.25) is 6.29 Å². The first kappa shape index (κ1) is 59.5. The smallest absolute Gasteiger partial charge is 0.315 e. The minimum absolute atomic E-state index is 0.00774. The summed E-state index contributed by atoms with van der Waals surface area (Å²) in [5, 5.41) is 149. The Labute approximate surface area is 446 Å². The van der Waals surface area contributed by atoms with Crippen molar-refractivity contribution in [2.24, 2.45) is 50.2 Å². The van der Waals surface area contributed by atoms with Crippen LogP contribution in [0.5, 0.6) is 0 Å². The van der Waals surface area contributed by atoms with Crippen LogP contribution in [0.15, 0.2) is 11.6 Å². The molecular formula is C53H84O24. The van der Waals surface area contributed by atoms with Gasteiger partial charge in [-0.1, -0.05) is 46.3 Å². The second kappa shape index (κ2) is 21.6. The van der Waals surface area contributed by atoms with E-state index in [9.17, 15) is 76.3 Å². The summed E-state index contributed by atoms with van der Waals surface area (Å²) in [6.45, 7) is 10.2. The predicted molar refractivity (Wildman–Crippen MR) is 259 cm³/mol. The summed E-state index contributed by atoms with van der Waals surface area (Å²) in [4.78, 5) is 29.1. The largest absolute Gasteiger partial charge is 0.481 e. The lowest BCUT2D eigenvalue weighted by atomic mass is 9.33. The molecule has 0 aromatic rings. The maximum atomic E-state index is 15.4. The molecule has 77 heavy (non-hydrogen) atoms. The molecule has 0 aromatic heterocycles. The van der Waals surface area contributed by atoms with Gasteiger partial charge in [0.15, 0.2) is 18.9 Å². The number of aliphatic carboxylic acids is 1. The summed E-state index contributed by atoms with van der Waals surface area (Å²) in [6, 6.07) is 0. The molecule has 4 heterocycles. The van der Waals surface area contributed by atoms with Crippen molar-refractivity contribution in [2.75, 3.05) is 26.4 Å². The first-order chi connectivity index (χ1) is 36.0. The Morgan fingerprint density at radius 3 is 1.84 bits per heavy atom. The maximum absolute atomic E-state index is 15.4. The predicted octanol–water partition coefficient (Wildman–Crippen LogP) is -2.33. The number of ether oxygens (including phenoxy) is 8. The van der Waals surface area contributed by atoms with Gasteiger partial charge in [0.1, 0.15) is 91.6 Å². The number of rotatable bonds is 12.